The van der Waals surface area contributed by atoms with Crippen molar-refractivity contribution in [1.29, 1.82) is 0 Å². The molecule has 0 spiro atoms. The molecule has 0 bridgehead atoms. The number of amides is 1. The van der Waals surface area contributed by atoms with Crippen molar-refractivity contribution in [3.8, 4) is 10.6 Å². The average Bonchev–Trinajstić information content (AvgIpc) is 3.02. The van der Waals surface area contributed by atoms with E-state index in [0.717, 1.165) is 23.4 Å². The maximum Gasteiger partial charge on any atom is 0.243 e. The summed E-state index contributed by atoms with van der Waals surface area (Å²) in [6.45, 7) is 5.43. The third kappa shape index (κ3) is 4.98. The largest absolute Gasteiger partial charge is 0.381 e. The predicted octanol–water partition coefficient (Wildman–Crippen LogP) is 2.94. The molecule has 2 aromatic rings. The van der Waals surface area contributed by atoms with Gasteiger partial charge in [-0.2, -0.15) is 0 Å². The molecule has 1 aromatic carbocycles. The first-order valence-electron chi connectivity index (χ1n) is 8.09. The molecule has 1 aromatic heterocycles. The lowest BCUT2D eigenvalue weighted by atomic mass is 9.92. The van der Waals surface area contributed by atoms with E-state index in [0.29, 0.717) is 18.3 Å². The van der Waals surface area contributed by atoms with Crippen molar-refractivity contribution in [2.24, 2.45) is 11.7 Å². The Kier molecular flexibility index (Phi) is 6.89. The van der Waals surface area contributed by atoms with Gasteiger partial charge in [-0.25, -0.2) is 0 Å². The van der Waals surface area contributed by atoms with Gasteiger partial charge < -0.3 is 10.5 Å². The number of aromatic nitrogens is 2. The zero-order valence-corrected chi connectivity index (χ0v) is 16.0. The summed E-state index contributed by atoms with van der Waals surface area (Å²) in [6.07, 6.45) is 1.64. The average molecular weight is 383 g/mol. The molecule has 1 atom stereocenters. The highest BCUT2D eigenvalue weighted by atomic mass is 35.5. The third-order valence-electron chi connectivity index (χ3n) is 4.20. The minimum Gasteiger partial charge on any atom is -0.381 e. The SMILES string of the molecule is Cc1cc(C)cc(-c2nnc(NC(=O)C(N)C3CCOCC3)s2)c1.Cl. The molecule has 1 aliphatic heterocycles. The predicted molar refractivity (Wildman–Crippen MR) is 102 cm³/mol. The second-order valence-electron chi connectivity index (χ2n) is 6.25. The minimum absolute atomic E-state index is 0. The lowest BCUT2D eigenvalue weighted by molar-refractivity contribution is -0.119. The molecule has 3 rings (SSSR count). The molecule has 2 heterocycles. The Balaban J connectivity index is 0.00000225. The van der Waals surface area contributed by atoms with Crippen LogP contribution in [0, 0.1) is 19.8 Å². The van der Waals surface area contributed by atoms with Gasteiger partial charge in [0.2, 0.25) is 11.0 Å². The number of aryl methyl sites for hydroxylation is 2. The van der Waals surface area contributed by atoms with Crippen molar-refractivity contribution >= 4 is 34.8 Å². The van der Waals surface area contributed by atoms with Crippen LogP contribution in [-0.2, 0) is 9.53 Å². The third-order valence-corrected chi connectivity index (χ3v) is 5.09. The molecule has 1 fully saturated rings. The van der Waals surface area contributed by atoms with Crippen molar-refractivity contribution in [3.63, 3.8) is 0 Å². The Morgan fingerprint density at radius 3 is 2.52 bits per heavy atom. The molecule has 25 heavy (non-hydrogen) atoms. The van der Waals surface area contributed by atoms with Gasteiger partial charge in [0.15, 0.2) is 0 Å². The van der Waals surface area contributed by atoms with Crippen LogP contribution in [0.5, 0.6) is 0 Å². The Bertz CT molecular complexity index is 711. The summed E-state index contributed by atoms with van der Waals surface area (Å²) in [7, 11) is 0. The molecule has 6 nitrogen and oxygen atoms in total. The van der Waals surface area contributed by atoms with Crippen LogP contribution in [-0.4, -0.2) is 35.4 Å². The smallest absolute Gasteiger partial charge is 0.243 e. The van der Waals surface area contributed by atoms with Crippen molar-refractivity contribution < 1.29 is 9.53 Å². The first-order chi connectivity index (χ1) is 11.5. The van der Waals surface area contributed by atoms with Gasteiger partial charge in [0.25, 0.3) is 0 Å². The standard InChI is InChI=1S/C17H22N4O2S.ClH/c1-10-7-11(2)9-13(8-10)16-20-21-17(24-16)19-15(22)14(18)12-3-5-23-6-4-12;/h7-9,12,14H,3-6,18H2,1-2H3,(H,19,21,22);1H. The van der Waals surface area contributed by atoms with Gasteiger partial charge in [0.1, 0.15) is 5.01 Å². The minimum atomic E-state index is -0.539. The summed E-state index contributed by atoms with van der Waals surface area (Å²) < 4.78 is 5.31. The number of halogens is 1. The normalized spacial score (nSPS) is 16.1. The van der Waals surface area contributed by atoms with E-state index in [-0.39, 0.29) is 24.2 Å². The first kappa shape index (κ1) is 19.8. The van der Waals surface area contributed by atoms with Crippen molar-refractivity contribution in [2.45, 2.75) is 32.7 Å². The van der Waals surface area contributed by atoms with E-state index in [1.807, 2.05) is 13.8 Å². The second kappa shape index (κ2) is 8.71. The van der Waals surface area contributed by atoms with Crippen LogP contribution in [0.1, 0.15) is 24.0 Å². The Morgan fingerprint density at radius 2 is 1.88 bits per heavy atom. The molecular formula is C17H23ClN4O2S. The number of anilines is 1. The van der Waals surface area contributed by atoms with Crippen LogP contribution in [0.25, 0.3) is 10.6 Å². The lowest BCUT2D eigenvalue weighted by Crippen LogP contribution is -2.43. The number of benzene rings is 1. The first-order valence-corrected chi connectivity index (χ1v) is 8.91. The summed E-state index contributed by atoms with van der Waals surface area (Å²) in [6, 6.07) is 5.70. The van der Waals surface area contributed by atoms with Gasteiger partial charge in [-0.1, -0.05) is 28.5 Å². The highest BCUT2D eigenvalue weighted by Gasteiger charge is 2.27. The van der Waals surface area contributed by atoms with Crippen molar-refractivity contribution in [1.82, 2.24) is 10.2 Å². The van der Waals surface area contributed by atoms with Gasteiger partial charge in [-0.3, -0.25) is 10.1 Å². The summed E-state index contributed by atoms with van der Waals surface area (Å²) in [5, 5.41) is 12.3. The fourth-order valence-electron chi connectivity index (χ4n) is 2.97. The van der Waals surface area contributed by atoms with Crippen LogP contribution >= 0.6 is 23.7 Å². The number of rotatable bonds is 4. The second-order valence-corrected chi connectivity index (χ2v) is 7.23. The molecule has 1 aliphatic rings. The Hall–Kier alpha value is -1.54. The van der Waals surface area contributed by atoms with E-state index in [4.69, 9.17) is 10.5 Å². The molecule has 136 valence electrons. The molecule has 0 saturated carbocycles. The molecular weight excluding hydrogens is 360 g/mol. The van der Waals surface area contributed by atoms with Crippen LogP contribution in [0.2, 0.25) is 0 Å². The van der Waals surface area contributed by atoms with E-state index in [2.05, 4.69) is 33.7 Å². The zero-order chi connectivity index (χ0) is 17.1. The number of carbonyl (C=O) groups excluding carboxylic acids is 1. The Labute approximate surface area is 157 Å². The highest BCUT2D eigenvalue weighted by molar-refractivity contribution is 7.18. The molecule has 0 aliphatic carbocycles. The van der Waals surface area contributed by atoms with E-state index >= 15 is 0 Å². The number of nitrogens with zero attached hydrogens (tertiary/aromatic N) is 2. The van der Waals surface area contributed by atoms with Crippen molar-refractivity contribution in [3.05, 3.63) is 29.3 Å². The van der Waals surface area contributed by atoms with E-state index in [1.165, 1.54) is 22.5 Å². The fraction of sp³-hybridized carbons (Fsp3) is 0.471. The summed E-state index contributed by atoms with van der Waals surface area (Å²) >= 11 is 1.36. The van der Waals surface area contributed by atoms with Crippen molar-refractivity contribution in [2.75, 3.05) is 18.5 Å². The number of hydrogen-bond acceptors (Lipinski definition) is 6. The molecule has 0 radical (unpaired) electrons. The molecule has 1 amide bonds. The number of nitrogens with one attached hydrogen (secondary N) is 1. The summed E-state index contributed by atoms with van der Waals surface area (Å²) in [5.74, 6) is -0.0458. The van der Waals surface area contributed by atoms with Crippen LogP contribution < -0.4 is 11.1 Å². The summed E-state index contributed by atoms with van der Waals surface area (Å²) in [5.41, 5.74) is 9.45. The van der Waals surface area contributed by atoms with E-state index in [9.17, 15) is 4.79 Å². The topological polar surface area (TPSA) is 90.1 Å². The van der Waals surface area contributed by atoms with Gasteiger partial charge in [0.05, 0.1) is 6.04 Å². The molecule has 1 unspecified atom stereocenters. The number of hydrogen-bond donors (Lipinski definition) is 2. The Morgan fingerprint density at radius 1 is 1.24 bits per heavy atom. The van der Waals surface area contributed by atoms with E-state index in [1.54, 1.807) is 0 Å². The lowest BCUT2D eigenvalue weighted by Gasteiger charge is -2.26. The summed E-state index contributed by atoms with van der Waals surface area (Å²) in [4.78, 5) is 12.3. The van der Waals surface area contributed by atoms with E-state index < -0.39 is 6.04 Å². The molecule has 1 saturated heterocycles. The monoisotopic (exact) mass is 382 g/mol. The van der Waals surface area contributed by atoms with Crippen LogP contribution in [0.4, 0.5) is 5.13 Å². The van der Waals surface area contributed by atoms with Gasteiger partial charge >= 0.3 is 0 Å². The number of carbonyl (C=O) groups is 1. The number of nitrogens with two attached hydrogens (primary N) is 1. The van der Waals surface area contributed by atoms with Crippen LogP contribution in [0.3, 0.4) is 0 Å². The quantitative estimate of drug-likeness (QED) is 0.848. The van der Waals surface area contributed by atoms with Gasteiger partial charge in [0, 0.05) is 18.8 Å². The van der Waals surface area contributed by atoms with Crippen LogP contribution in [0.15, 0.2) is 18.2 Å². The highest BCUT2D eigenvalue weighted by Crippen LogP contribution is 2.28. The zero-order valence-electron chi connectivity index (χ0n) is 14.3. The fourth-order valence-corrected chi connectivity index (χ4v) is 3.70. The molecule has 3 N–H and O–H groups in total. The maximum absolute atomic E-state index is 12.3. The number of ether oxygens (including phenoxy) is 1. The molecule has 8 heteroatoms. The van der Waals surface area contributed by atoms with Gasteiger partial charge in [-0.15, -0.1) is 22.6 Å². The maximum atomic E-state index is 12.3. The van der Waals surface area contributed by atoms with Gasteiger partial charge in [-0.05, 0) is 44.7 Å².